The second-order valence-electron chi connectivity index (χ2n) is 6.92. The van der Waals surface area contributed by atoms with Gasteiger partial charge in [-0.05, 0) is 38.0 Å². The molecule has 1 aromatic heterocycles. The fraction of sp³-hybridized carbons (Fsp3) is 0.381. The summed E-state index contributed by atoms with van der Waals surface area (Å²) in [5, 5.41) is 7.37. The van der Waals surface area contributed by atoms with Crippen molar-refractivity contribution in [3.63, 3.8) is 0 Å². The summed E-state index contributed by atoms with van der Waals surface area (Å²) < 4.78 is 7.82. The van der Waals surface area contributed by atoms with Crippen LogP contribution in [0.25, 0.3) is 17.8 Å². The SMILES string of the molecule is Cc1ccc(-n2nc(N3CCOC(CN)C3)c3c2=CCCC=CC=3)cc1. The highest BCUT2D eigenvalue weighted by molar-refractivity contribution is 5.54. The molecule has 136 valence electrons. The van der Waals surface area contributed by atoms with Crippen LogP contribution in [-0.2, 0) is 4.74 Å². The molecule has 2 heterocycles. The van der Waals surface area contributed by atoms with Gasteiger partial charge in [-0.2, -0.15) is 0 Å². The van der Waals surface area contributed by atoms with Gasteiger partial charge in [-0.25, -0.2) is 4.68 Å². The Hall–Kier alpha value is -2.37. The average molecular weight is 350 g/mol. The van der Waals surface area contributed by atoms with Crippen molar-refractivity contribution in [3.8, 4) is 5.69 Å². The molecule has 0 bridgehead atoms. The number of nitrogens with two attached hydrogens (primary N) is 1. The second-order valence-corrected chi connectivity index (χ2v) is 6.92. The van der Waals surface area contributed by atoms with Gasteiger partial charge < -0.3 is 15.4 Å². The molecule has 5 heteroatoms. The van der Waals surface area contributed by atoms with Gasteiger partial charge in [0.05, 0.1) is 23.7 Å². The Morgan fingerprint density at radius 1 is 1.23 bits per heavy atom. The third-order valence-electron chi connectivity index (χ3n) is 4.99. The fourth-order valence-electron chi connectivity index (χ4n) is 3.53. The maximum Gasteiger partial charge on any atom is 0.159 e. The first kappa shape index (κ1) is 17.1. The summed E-state index contributed by atoms with van der Waals surface area (Å²) in [6.45, 7) is 4.95. The van der Waals surface area contributed by atoms with Crippen molar-refractivity contribution in [3.05, 3.63) is 52.5 Å². The zero-order valence-corrected chi connectivity index (χ0v) is 15.3. The summed E-state index contributed by atoms with van der Waals surface area (Å²) in [7, 11) is 0. The van der Waals surface area contributed by atoms with Crippen LogP contribution in [0.2, 0.25) is 0 Å². The van der Waals surface area contributed by atoms with E-state index in [1.165, 1.54) is 16.1 Å². The molecule has 1 atom stereocenters. The fourth-order valence-corrected chi connectivity index (χ4v) is 3.53. The minimum atomic E-state index is 0.0667. The third-order valence-corrected chi connectivity index (χ3v) is 4.99. The molecule has 1 fully saturated rings. The minimum absolute atomic E-state index is 0.0667. The maximum absolute atomic E-state index is 5.83. The highest BCUT2D eigenvalue weighted by Gasteiger charge is 2.23. The summed E-state index contributed by atoms with van der Waals surface area (Å²) in [5.41, 5.74) is 8.18. The molecule has 0 radical (unpaired) electrons. The molecule has 26 heavy (non-hydrogen) atoms. The van der Waals surface area contributed by atoms with Gasteiger partial charge in [0.15, 0.2) is 5.82 Å². The first-order valence-electron chi connectivity index (χ1n) is 9.36. The summed E-state index contributed by atoms with van der Waals surface area (Å²) >= 11 is 0. The van der Waals surface area contributed by atoms with Crippen molar-refractivity contribution >= 4 is 18.0 Å². The summed E-state index contributed by atoms with van der Waals surface area (Å²) in [6.07, 6.45) is 11.0. The number of benzene rings is 1. The number of nitrogens with zero attached hydrogens (tertiary/aromatic N) is 3. The molecule has 2 N–H and O–H groups in total. The molecule has 0 amide bonds. The lowest BCUT2D eigenvalue weighted by atomic mass is 10.2. The Bertz CT molecular complexity index is 911. The van der Waals surface area contributed by atoms with Gasteiger partial charge in [-0.1, -0.05) is 35.9 Å². The van der Waals surface area contributed by atoms with E-state index in [2.05, 4.69) is 65.1 Å². The van der Waals surface area contributed by atoms with E-state index in [1.807, 2.05) is 0 Å². The Morgan fingerprint density at radius 3 is 2.88 bits per heavy atom. The molecule has 1 aromatic carbocycles. The first-order chi connectivity index (χ1) is 12.8. The van der Waals surface area contributed by atoms with Gasteiger partial charge in [0.25, 0.3) is 0 Å². The van der Waals surface area contributed by atoms with E-state index in [4.69, 9.17) is 15.6 Å². The van der Waals surface area contributed by atoms with E-state index in [-0.39, 0.29) is 6.10 Å². The lowest BCUT2D eigenvalue weighted by molar-refractivity contribution is 0.0462. The van der Waals surface area contributed by atoms with Gasteiger partial charge in [-0.3, -0.25) is 0 Å². The molecule has 1 aliphatic heterocycles. The van der Waals surface area contributed by atoms with Crippen LogP contribution in [0.4, 0.5) is 5.82 Å². The van der Waals surface area contributed by atoms with Gasteiger partial charge in [0.2, 0.25) is 0 Å². The van der Waals surface area contributed by atoms with E-state index >= 15 is 0 Å². The number of ether oxygens (including phenoxy) is 1. The van der Waals surface area contributed by atoms with Gasteiger partial charge >= 0.3 is 0 Å². The normalized spacial score (nSPS) is 19.9. The van der Waals surface area contributed by atoms with Crippen molar-refractivity contribution in [2.45, 2.75) is 25.9 Å². The number of hydrogen-bond acceptors (Lipinski definition) is 4. The monoisotopic (exact) mass is 350 g/mol. The predicted molar refractivity (Wildman–Crippen MR) is 106 cm³/mol. The van der Waals surface area contributed by atoms with Crippen molar-refractivity contribution < 1.29 is 4.74 Å². The summed E-state index contributed by atoms with van der Waals surface area (Å²) in [5.74, 6) is 1.02. The van der Waals surface area contributed by atoms with Gasteiger partial charge in [0, 0.05) is 24.9 Å². The third kappa shape index (κ3) is 3.32. The lowest BCUT2D eigenvalue weighted by Crippen LogP contribution is -2.47. The second kappa shape index (κ2) is 7.48. The van der Waals surface area contributed by atoms with E-state index < -0.39 is 0 Å². The van der Waals surface area contributed by atoms with Crippen LogP contribution in [-0.4, -0.2) is 42.1 Å². The largest absolute Gasteiger partial charge is 0.373 e. The lowest BCUT2D eigenvalue weighted by Gasteiger charge is -2.32. The topological polar surface area (TPSA) is 56.3 Å². The Kier molecular flexibility index (Phi) is 4.91. The molecule has 0 spiro atoms. The highest BCUT2D eigenvalue weighted by atomic mass is 16.5. The molecule has 0 saturated carbocycles. The van der Waals surface area contributed by atoms with Crippen LogP contribution in [0.3, 0.4) is 0 Å². The summed E-state index contributed by atoms with van der Waals surface area (Å²) in [4.78, 5) is 2.31. The number of anilines is 1. The minimum Gasteiger partial charge on any atom is -0.373 e. The Balaban J connectivity index is 1.86. The van der Waals surface area contributed by atoms with E-state index in [9.17, 15) is 0 Å². The van der Waals surface area contributed by atoms with Crippen LogP contribution in [0.15, 0.2) is 36.4 Å². The number of aromatic nitrogens is 2. The highest BCUT2D eigenvalue weighted by Crippen LogP contribution is 2.13. The van der Waals surface area contributed by atoms with E-state index in [1.54, 1.807) is 0 Å². The Labute approximate surface area is 154 Å². The maximum atomic E-state index is 5.83. The predicted octanol–water partition coefficient (Wildman–Crippen LogP) is 1.26. The first-order valence-corrected chi connectivity index (χ1v) is 9.36. The molecule has 1 unspecified atom stereocenters. The van der Waals surface area contributed by atoms with Crippen molar-refractivity contribution in [1.29, 1.82) is 0 Å². The number of allylic oxidation sites excluding steroid dienone is 2. The Morgan fingerprint density at radius 2 is 2.08 bits per heavy atom. The molecule has 1 saturated heterocycles. The van der Waals surface area contributed by atoms with Crippen LogP contribution >= 0.6 is 0 Å². The van der Waals surface area contributed by atoms with Crippen molar-refractivity contribution in [2.24, 2.45) is 5.73 Å². The zero-order chi connectivity index (χ0) is 17.9. The standard InChI is InChI=1S/C21H26N4O/c1-16-8-10-17(11-9-16)25-20-7-5-3-2-4-6-19(20)21(23-25)24-12-13-26-18(14-22)15-24/h2,4,6-11,18H,3,5,12-15,22H2,1H3. The van der Waals surface area contributed by atoms with Crippen molar-refractivity contribution in [2.75, 3.05) is 31.1 Å². The molecular formula is C21H26N4O. The number of aryl methyl sites for hydroxylation is 1. The number of rotatable bonds is 3. The van der Waals surface area contributed by atoms with E-state index in [0.29, 0.717) is 13.2 Å². The molecule has 2 aliphatic rings. The molecule has 5 nitrogen and oxygen atoms in total. The quantitative estimate of drug-likeness (QED) is 0.905. The number of fused-ring (bicyclic) bond motifs is 1. The zero-order valence-electron chi connectivity index (χ0n) is 15.3. The molecule has 2 aromatic rings. The van der Waals surface area contributed by atoms with Crippen LogP contribution in [0, 0.1) is 6.92 Å². The number of hydrogen-bond donors (Lipinski definition) is 1. The molecule has 4 rings (SSSR count). The van der Waals surface area contributed by atoms with Crippen LogP contribution < -0.4 is 21.2 Å². The van der Waals surface area contributed by atoms with Gasteiger partial charge in [0.1, 0.15) is 0 Å². The van der Waals surface area contributed by atoms with Crippen molar-refractivity contribution in [1.82, 2.24) is 9.78 Å². The summed E-state index contributed by atoms with van der Waals surface area (Å²) in [6, 6.07) is 8.54. The van der Waals surface area contributed by atoms with Gasteiger partial charge in [-0.15, -0.1) is 5.10 Å². The molecular weight excluding hydrogens is 324 g/mol. The van der Waals surface area contributed by atoms with Crippen LogP contribution in [0.1, 0.15) is 18.4 Å². The van der Waals surface area contributed by atoms with Crippen LogP contribution in [0.5, 0.6) is 0 Å². The smallest absolute Gasteiger partial charge is 0.159 e. The van der Waals surface area contributed by atoms with E-state index in [0.717, 1.165) is 37.4 Å². The average Bonchev–Trinajstić information content (AvgIpc) is 2.99. The molecule has 1 aliphatic carbocycles. The number of morpholine rings is 1.